The van der Waals surface area contributed by atoms with E-state index in [0.717, 1.165) is 19.6 Å². The molecule has 1 aliphatic heterocycles. The highest BCUT2D eigenvalue weighted by atomic mass is 35.5. The fraction of sp³-hybridized carbons (Fsp3) is 0.636. The maximum atomic E-state index is 12.2. The zero-order valence-corrected chi connectivity index (χ0v) is 11.1. The fourth-order valence-corrected chi connectivity index (χ4v) is 2.06. The van der Waals surface area contributed by atoms with E-state index in [4.69, 9.17) is 4.52 Å². The molecule has 0 aromatic carbocycles. The van der Waals surface area contributed by atoms with Gasteiger partial charge in [0.2, 0.25) is 0 Å². The van der Waals surface area contributed by atoms with E-state index < -0.39 is 0 Å². The van der Waals surface area contributed by atoms with E-state index in [9.17, 15) is 4.79 Å². The Morgan fingerprint density at radius 2 is 2.24 bits per heavy atom. The Labute approximate surface area is 107 Å². The van der Waals surface area contributed by atoms with Gasteiger partial charge in [-0.3, -0.25) is 4.79 Å². The number of piperazine rings is 1. The minimum atomic E-state index is 0. The number of hydrogen-bond donors (Lipinski definition) is 1. The van der Waals surface area contributed by atoms with E-state index in [2.05, 4.69) is 17.4 Å². The predicted molar refractivity (Wildman–Crippen MR) is 66.6 cm³/mol. The zero-order chi connectivity index (χ0) is 11.7. The molecular formula is C11H18ClN3O2. The minimum absolute atomic E-state index is 0. The largest absolute Gasteiger partial charge is 0.361 e. The molecule has 1 saturated heterocycles. The molecule has 5 nitrogen and oxygen atoms in total. The summed E-state index contributed by atoms with van der Waals surface area (Å²) in [5.41, 5.74) is 1.29. The van der Waals surface area contributed by atoms with E-state index in [1.807, 2.05) is 4.90 Å². The van der Waals surface area contributed by atoms with Crippen LogP contribution in [-0.4, -0.2) is 41.6 Å². The highest BCUT2D eigenvalue weighted by Crippen LogP contribution is 2.15. The Morgan fingerprint density at radius 3 is 2.76 bits per heavy atom. The molecule has 0 unspecified atom stereocenters. The van der Waals surface area contributed by atoms with Crippen molar-refractivity contribution >= 4 is 18.3 Å². The van der Waals surface area contributed by atoms with E-state index in [0.29, 0.717) is 23.1 Å². The minimum Gasteiger partial charge on any atom is -0.361 e. The second-order valence-electron chi connectivity index (χ2n) is 4.31. The number of rotatable bonds is 1. The molecule has 1 aromatic heterocycles. The van der Waals surface area contributed by atoms with Gasteiger partial charge < -0.3 is 14.7 Å². The number of halogens is 1. The second-order valence-corrected chi connectivity index (χ2v) is 4.31. The van der Waals surface area contributed by atoms with Crippen LogP contribution in [0.2, 0.25) is 0 Å². The topological polar surface area (TPSA) is 58.4 Å². The summed E-state index contributed by atoms with van der Waals surface area (Å²) in [5.74, 6) is 0.637. The van der Waals surface area contributed by atoms with Crippen LogP contribution in [0, 0.1) is 13.8 Å². The normalized spacial score (nSPS) is 19.9. The summed E-state index contributed by atoms with van der Waals surface area (Å²) in [5, 5.41) is 7.12. The summed E-state index contributed by atoms with van der Waals surface area (Å²) < 4.78 is 5.02. The number of amides is 1. The summed E-state index contributed by atoms with van der Waals surface area (Å²) in [6.07, 6.45) is 0. The maximum Gasteiger partial charge on any atom is 0.259 e. The van der Waals surface area contributed by atoms with Gasteiger partial charge >= 0.3 is 0 Å². The first-order valence-electron chi connectivity index (χ1n) is 5.55. The van der Waals surface area contributed by atoms with Crippen LogP contribution in [0.4, 0.5) is 0 Å². The van der Waals surface area contributed by atoms with Crippen molar-refractivity contribution < 1.29 is 9.32 Å². The molecule has 0 spiro atoms. The van der Waals surface area contributed by atoms with E-state index in [-0.39, 0.29) is 18.3 Å². The molecule has 2 heterocycles. The van der Waals surface area contributed by atoms with Gasteiger partial charge in [-0.2, -0.15) is 0 Å². The van der Waals surface area contributed by atoms with Crippen molar-refractivity contribution in [3.63, 3.8) is 0 Å². The fourth-order valence-electron chi connectivity index (χ4n) is 2.06. The average molecular weight is 260 g/mol. The Bertz CT molecular complexity index is 386. The maximum absolute atomic E-state index is 12.2. The second kappa shape index (κ2) is 5.51. The van der Waals surface area contributed by atoms with E-state index in [1.165, 1.54) is 0 Å². The molecule has 1 amide bonds. The van der Waals surface area contributed by atoms with Crippen molar-refractivity contribution in [3.8, 4) is 0 Å². The number of nitrogens with one attached hydrogen (secondary N) is 1. The van der Waals surface area contributed by atoms with Gasteiger partial charge in [-0.15, -0.1) is 12.4 Å². The van der Waals surface area contributed by atoms with Gasteiger partial charge in [0, 0.05) is 25.7 Å². The SMILES string of the molecule is Cc1noc(C)c1C(=O)N1CCN[C@@H](C)C1.Cl. The lowest BCUT2D eigenvalue weighted by molar-refractivity contribution is 0.0706. The molecule has 0 aliphatic carbocycles. The van der Waals surface area contributed by atoms with Gasteiger partial charge in [0.05, 0.1) is 5.69 Å². The molecule has 2 rings (SSSR count). The lowest BCUT2D eigenvalue weighted by Crippen LogP contribution is -2.51. The van der Waals surface area contributed by atoms with Gasteiger partial charge in [0.25, 0.3) is 5.91 Å². The molecule has 1 aliphatic rings. The molecule has 1 fully saturated rings. The summed E-state index contributed by atoms with van der Waals surface area (Å²) >= 11 is 0. The van der Waals surface area contributed by atoms with Crippen LogP contribution < -0.4 is 5.32 Å². The summed E-state index contributed by atoms with van der Waals surface area (Å²) in [6.45, 7) is 7.98. The molecule has 96 valence electrons. The van der Waals surface area contributed by atoms with Gasteiger partial charge in [-0.1, -0.05) is 5.16 Å². The number of aromatic nitrogens is 1. The summed E-state index contributed by atoms with van der Waals surface area (Å²) in [6, 6.07) is 0.346. The molecule has 0 bridgehead atoms. The van der Waals surface area contributed by atoms with Crippen molar-refractivity contribution in [2.45, 2.75) is 26.8 Å². The molecular weight excluding hydrogens is 242 g/mol. The molecule has 1 N–H and O–H groups in total. The standard InChI is InChI=1S/C11H17N3O2.ClH/c1-7-6-14(5-4-12-7)11(15)10-8(2)13-16-9(10)3;/h7,12H,4-6H2,1-3H3;1H/t7-;/m0./s1. The van der Waals surface area contributed by atoms with Crippen LogP contribution in [0.25, 0.3) is 0 Å². The van der Waals surface area contributed by atoms with Crippen LogP contribution in [0.1, 0.15) is 28.7 Å². The molecule has 0 saturated carbocycles. The van der Waals surface area contributed by atoms with Crippen molar-refractivity contribution in [3.05, 3.63) is 17.0 Å². The monoisotopic (exact) mass is 259 g/mol. The van der Waals surface area contributed by atoms with Crippen LogP contribution in [0.3, 0.4) is 0 Å². The highest BCUT2D eigenvalue weighted by Gasteiger charge is 2.26. The van der Waals surface area contributed by atoms with Crippen molar-refractivity contribution in [2.75, 3.05) is 19.6 Å². The van der Waals surface area contributed by atoms with Gasteiger partial charge in [0.1, 0.15) is 11.3 Å². The van der Waals surface area contributed by atoms with Crippen LogP contribution in [-0.2, 0) is 0 Å². The quantitative estimate of drug-likeness (QED) is 0.822. The molecule has 17 heavy (non-hydrogen) atoms. The third-order valence-corrected chi connectivity index (χ3v) is 2.90. The van der Waals surface area contributed by atoms with Crippen LogP contribution in [0.15, 0.2) is 4.52 Å². The van der Waals surface area contributed by atoms with Gasteiger partial charge in [-0.05, 0) is 20.8 Å². The highest BCUT2D eigenvalue weighted by molar-refractivity contribution is 5.96. The van der Waals surface area contributed by atoms with Gasteiger partial charge in [-0.25, -0.2) is 0 Å². The Morgan fingerprint density at radius 1 is 1.53 bits per heavy atom. The smallest absolute Gasteiger partial charge is 0.259 e. The van der Waals surface area contributed by atoms with Crippen molar-refractivity contribution in [1.29, 1.82) is 0 Å². The summed E-state index contributed by atoms with van der Waals surface area (Å²) in [4.78, 5) is 14.1. The number of aryl methyl sites for hydroxylation is 2. The molecule has 1 atom stereocenters. The van der Waals surface area contributed by atoms with Crippen molar-refractivity contribution in [2.24, 2.45) is 0 Å². The predicted octanol–water partition coefficient (Wildman–Crippen LogP) is 1.15. The number of carbonyl (C=O) groups excluding carboxylic acids is 1. The Kier molecular flexibility index (Phi) is 4.54. The number of hydrogen-bond acceptors (Lipinski definition) is 4. The first-order chi connectivity index (χ1) is 7.59. The molecule has 1 aromatic rings. The average Bonchev–Trinajstić information content (AvgIpc) is 2.58. The third kappa shape index (κ3) is 2.79. The Balaban J connectivity index is 0.00000144. The number of nitrogens with zero attached hydrogens (tertiary/aromatic N) is 2. The lowest BCUT2D eigenvalue weighted by atomic mass is 10.1. The van der Waals surface area contributed by atoms with Gasteiger partial charge in [0.15, 0.2) is 0 Å². The first kappa shape index (κ1) is 14.0. The zero-order valence-electron chi connectivity index (χ0n) is 10.3. The van der Waals surface area contributed by atoms with E-state index in [1.54, 1.807) is 13.8 Å². The Hall–Kier alpha value is -1.07. The third-order valence-electron chi connectivity index (χ3n) is 2.90. The van der Waals surface area contributed by atoms with Crippen molar-refractivity contribution in [1.82, 2.24) is 15.4 Å². The molecule has 6 heteroatoms. The lowest BCUT2D eigenvalue weighted by Gasteiger charge is -2.31. The molecule has 0 radical (unpaired) electrons. The van der Waals surface area contributed by atoms with Crippen LogP contribution in [0.5, 0.6) is 0 Å². The van der Waals surface area contributed by atoms with E-state index >= 15 is 0 Å². The summed E-state index contributed by atoms with van der Waals surface area (Å²) in [7, 11) is 0. The van der Waals surface area contributed by atoms with Crippen LogP contribution >= 0.6 is 12.4 Å². The number of carbonyl (C=O) groups is 1. The first-order valence-corrected chi connectivity index (χ1v) is 5.55.